The number of nitrogens with zero attached hydrogens (tertiary/aromatic N) is 1. The van der Waals surface area contributed by atoms with Crippen molar-refractivity contribution in [2.75, 3.05) is 11.9 Å². The lowest BCUT2D eigenvalue weighted by atomic mass is 9.63. The van der Waals surface area contributed by atoms with Crippen LogP contribution in [0.2, 0.25) is 5.02 Å². The molecular weight excluding hydrogens is 443 g/mol. The number of benzene rings is 1. The lowest BCUT2D eigenvalue weighted by Gasteiger charge is -2.48. The van der Waals surface area contributed by atoms with Crippen LogP contribution in [-0.2, 0) is 16.5 Å². The number of aliphatic hydroxyl groups is 1. The predicted molar refractivity (Wildman–Crippen MR) is 116 cm³/mol. The van der Waals surface area contributed by atoms with Crippen molar-refractivity contribution in [1.82, 2.24) is 10.3 Å². The van der Waals surface area contributed by atoms with Gasteiger partial charge in [0.05, 0.1) is 16.3 Å². The topological polar surface area (TPSA) is 74.2 Å². The second-order valence-electron chi connectivity index (χ2n) is 9.35. The summed E-state index contributed by atoms with van der Waals surface area (Å²) in [5, 5.41) is 16.7. The molecule has 3 N–H and O–H groups in total. The maximum absolute atomic E-state index is 13.0. The van der Waals surface area contributed by atoms with Gasteiger partial charge in [0.1, 0.15) is 11.5 Å². The molecule has 32 heavy (non-hydrogen) atoms. The lowest BCUT2D eigenvalue weighted by molar-refractivity contribution is -0.141. The number of rotatable bonds is 4. The number of alkyl halides is 3. The van der Waals surface area contributed by atoms with Crippen LogP contribution in [0.25, 0.3) is 0 Å². The van der Waals surface area contributed by atoms with E-state index in [1.54, 1.807) is 19.1 Å². The zero-order valence-electron chi connectivity index (χ0n) is 17.8. The highest BCUT2D eigenvalue weighted by atomic mass is 35.5. The highest BCUT2D eigenvalue weighted by molar-refractivity contribution is 6.34. The summed E-state index contributed by atoms with van der Waals surface area (Å²) in [6, 6.07) is 7.59. The first-order chi connectivity index (χ1) is 14.9. The monoisotopic (exact) mass is 467 g/mol. The number of hydrogen-bond donors (Lipinski definition) is 3. The molecule has 2 heterocycles. The molecule has 4 rings (SSSR count). The highest BCUT2D eigenvalue weighted by Crippen LogP contribution is 2.46. The number of piperidine rings is 1. The number of carbonyl (C=O) groups is 1. The number of pyridine rings is 1. The molecule has 2 fully saturated rings. The molecule has 2 unspecified atom stereocenters. The van der Waals surface area contributed by atoms with Crippen LogP contribution >= 0.6 is 11.6 Å². The van der Waals surface area contributed by atoms with Crippen LogP contribution < -0.4 is 10.6 Å². The van der Waals surface area contributed by atoms with E-state index in [1.807, 2.05) is 13.0 Å². The van der Waals surface area contributed by atoms with Gasteiger partial charge >= 0.3 is 6.18 Å². The van der Waals surface area contributed by atoms with Gasteiger partial charge in [-0.25, -0.2) is 0 Å². The Hall–Kier alpha value is -2.16. The van der Waals surface area contributed by atoms with Gasteiger partial charge in [-0.1, -0.05) is 23.7 Å². The molecule has 1 aliphatic heterocycles. The van der Waals surface area contributed by atoms with Gasteiger partial charge in [-0.15, -0.1) is 0 Å². The fraction of sp³-hybridized carbons (Fsp3) is 0.478. The van der Waals surface area contributed by atoms with Crippen LogP contribution in [0, 0.1) is 11.8 Å². The van der Waals surface area contributed by atoms with E-state index in [9.17, 15) is 23.1 Å². The van der Waals surface area contributed by atoms with Gasteiger partial charge in [-0.3, -0.25) is 9.78 Å². The Kier molecular flexibility index (Phi) is 5.76. The quantitative estimate of drug-likeness (QED) is 0.586. The SMILES string of the molecule is CC1(O)CC(C2CNC(C)(c3cccc(Nc4ccnc(C(F)(F)F)c4)c3Cl)CC2=O)C1. The molecule has 0 spiro atoms. The normalized spacial score (nSPS) is 30.7. The number of aromatic nitrogens is 1. The van der Waals surface area contributed by atoms with E-state index in [1.165, 1.54) is 6.07 Å². The van der Waals surface area contributed by atoms with Crippen LogP contribution in [0.1, 0.15) is 44.4 Å². The summed E-state index contributed by atoms with van der Waals surface area (Å²) in [7, 11) is 0. The molecule has 1 saturated carbocycles. The third kappa shape index (κ3) is 4.49. The summed E-state index contributed by atoms with van der Waals surface area (Å²) in [6.07, 6.45) is -1.98. The standard InChI is InChI=1S/C23H25ClF3N3O2/c1-21(32)9-13(10-21)15-12-29-22(2,11-18(15)31)16-4-3-5-17(20(16)24)30-14-6-7-28-19(8-14)23(25,26)27/h3-8,13,15,29,32H,9-12H2,1-2H3,(H,28,30). The van der Waals surface area contributed by atoms with Crippen molar-refractivity contribution in [3.05, 3.63) is 52.8 Å². The molecule has 9 heteroatoms. The van der Waals surface area contributed by atoms with Gasteiger partial charge in [0.15, 0.2) is 0 Å². The van der Waals surface area contributed by atoms with E-state index < -0.39 is 23.0 Å². The Morgan fingerprint density at radius 2 is 1.97 bits per heavy atom. The van der Waals surface area contributed by atoms with Gasteiger partial charge in [0, 0.05) is 36.3 Å². The maximum atomic E-state index is 13.0. The van der Waals surface area contributed by atoms with E-state index in [4.69, 9.17) is 11.6 Å². The van der Waals surface area contributed by atoms with Gasteiger partial charge in [0.25, 0.3) is 0 Å². The molecule has 0 radical (unpaired) electrons. The fourth-order valence-corrected chi connectivity index (χ4v) is 5.22. The van der Waals surface area contributed by atoms with E-state index >= 15 is 0 Å². The molecule has 1 aliphatic carbocycles. The molecule has 1 aromatic carbocycles. The molecule has 2 aromatic rings. The molecule has 2 aliphatic rings. The second kappa shape index (κ2) is 8.01. The fourth-order valence-electron chi connectivity index (χ4n) is 4.84. The average Bonchev–Trinajstić information content (AvgIpc) is 2.67. The zero-order chi connectivity index (χ0) is 23.3. The van der Waals surface area contributed by atoms with Crippen LogP contribution in [0.3, 0.4) is 0 Å². The van der Waals surface area contributed by atoms with Gasteiger partial charge in [-0.05, 0) is 56.4 Å². The number of nitrogens with one attached hydrogen (secondary N) is 2. The summed E-state index contributed by atoms with van der Waals surface area (Å²) in [6.45, 7) is 4.17. The molecule has 2 atom stereocenters. The minimum Gasteiger partial charge on any atom is -0.390 e. The minimum atomic E-state index is -4.55. The van der Waals surface area contributed by atoms with Crippen molar-refractivity contribution < 1.29 is 23.1 Å². The second-order valence-corrected chi connectivity index (χ2v) is 9.73. The Bertz CT molecular complexity index is 1040. The molecule has 5 nitrogen and oxygen atoms in total. The summed E-state index contributed by atoms with van der Waals surface area (Å²) in [5.41, 5.74) is -1.04. The van der Waals surface area contributed by atoms with Crippen molar-refractivity contribution in [1.29, 1.82) is 0 Å². The smallest absolute Gasteiger partial charge is 0.390 e. The van der Waals surface area contributed by atoms with Crippen molar-refractivity contribution in [2.45, 2.75) is 50.4 Å². The van der Waals surface area contributed by atoms with Gasteiger partial charge in [-0.2, -0.15) is 13.2 Å². The zero-order valence-corrected chi connectivity index (χ0v) is 18.5. The summed E-state index contributed by atoms with van der Waals surface area (Å²) in [5.74, 6) is 0.165. The third-order valence-corrected chi connectivity index (χ3v) is 6.96. The highest BCUT2D eigenvalue weighted by Gasteiger charge is 2.48. The molecular formula is C23H25ClF3N3O2. The Morgan fingerprint density at radius 3 is 2.59 bits per heavy atom. The number of anilines is 2. The van der Waals surface area contributed by atoms with E-state index in [0.29, 0.717) is 35.7 Å². The molecule has 1 saturated heterocycles. The van der Waals surface area contributed by atoms with Gasteiger partial charge in [0.2, 0.25) is 0 Å². The molecule has 1 aromatic heterocycles. The van der Waals surface area contributed by atoms with Crippen molar-refractivity contribution in [2.24, 2.45) is 11.8 Å². The number of carbonyl (C=O) groups excluding carboxylic acids is 1. The minimum absolute atomic E-state index is 0.130. The Morgan fingerprint density at radius 1 is 1.25 bits per heavy atom. The third-order valence-electron chi connectivity index (χ3n) is 6.55. The van der Waals surface area contributed by atoms with Gasteiger partial charge < -0.3 is 15.7 Å². The maximum Gasteiger partial charge on any atom is 0.433 e. The number of Topliss-reactive ketones (excluding diaryl/α,β-unsaturated/α-hetero) is 1. The van der Waals surface area contributed by atoms with Crippen LogP contribution in [0.15, 0.2) is 36.5 Å². The average molecular weight is 468 g/mol. The van der Waals surface area contributed by atoms with Crippen molar-refractivity contribution in [3.8, 4) is 0 Å². The van der Waals surface area contributed by atoms with Crippen LogP contribution in [-0.4, -0.2) is 28.0 Å². The molecule has 172 valence electrons. The van der Waals surface area contributed by atoms with E-state index in [2.05, 4.69) is 15.6 Å². The number of halogens is 4. The van der Waals surface area contributed by atoms with E-state index in [0.717, 1.165) is 12.3 Å². The number of ketones is 1. The van der Waals surface area contributed by atoms with Crippen LogP contribution in [0.4, 0.5) is 24.5 Å². The molecule has 0 amide bonds. The Balaban J connectivity index is 1.53. The predicted octanol–water partition coefficient (Wildman–Crippen LogP) is 5.05. The number of hydrogen-bond acceptors (Lipinski definition) is 5. The molecule has 0 bridgehead atoms. The lowest BCUT2D eigenvalue weighted by Crippen LogP contribution is -2.56. The van der Waals surface area contributed by atoms with E-state index in [-0.39, 0.29) is 29.7 Å². The summed E-state index contributed by atoms with van der Waals surface area (Å²) < 4.78 is 38.9. The first-order valence-corrected chi connectivity index (χ1v) is 10.9. The summed E-state index contributed by atoms with van der Waals surface area (Å²) in [4.78, 5) is 16.3. The van der Waals surface area contributed by atoms with Crippen LogP contribution in [0.5, 0.6) is 0 Å². The largest absolute Gasteiger partial charge is 0.433 e. The first kappa shape index (κ1) is 23.0. The summed E-state index contributed by atoms with van der Waals surface area (Å²) >= 11 is 6.65. The first-order valence-electron chi connectivity index (χ1n) is 10.5. The van der Waals surface area contributed by atoms with Crippen molar-refractivity contribution in [3.63, 3.8) is 0 Å². The Labute approximate surface area is 189 Å². The van der Waals surface area contributed by atoms with Crippen molar-refractivity contribution >= 4 is 28.8 Å².